The summed E-state index contributed by atoms with van der Waals surface area (Å²) in [7, 11) is -3.55. The minimum absolute atomic E-state index is 0.181. The number of nitrogens with one attached hydrogen (secondary N) is 1. The van der Waals surface area contributed by atoms with E-state index in [1.165, 1.54) is 18.2 Å². The van der Waals surface area contributed by atoms with Gasteiger partial charge >= 0.3 is 6.18 Å². The molecule has 0 spiro atoms. The first kappa shape index (κ1) is 17.7. The number of sulfonamides is 1. The van der Waals surface area contributed by atoms with Crippen molar-refractivity contribution < 1.29 is 21.6 Å². The molecule has 1 rings (SSSR count). The Bertz CT molecular complexity index is 563. The predicted octanol–water partition coefficient (Wildman–Crippen LogP) is 3.56. The van der Waals surface area contributed by atoms with Gasteiger partial charge < -0.3 is 0 Å². The molecule has 0 fully saturated rings. The van der Waals surface area contributed by atoms with Crippen LogP contribution in [0.2, 0.25) is 0 Å². The lowest BCUT2D eigenvalue weighted by Crippen LogP contribution is -2.24. The number of alkyl halides is 3. The smallest absolute Gasteiger partial charge is 0.211 e. The molecule has 0 heterocycles. The van der Waals surface area contributed by atoms with Crippen LogP contribution in [0.15, 0.2) is 41.3 Å². The molecule has 0 saturated heterocycles. The van der Waals surface area contributed by atoms with Crippen LogP contribution in [0.25, 0.3) is 0 Å². The van der Waals surface area contributed by atoms with Crippen LogP contribution in [0, 0.1) is 6.92 Å². The topological polar surface area (TPSA) is 46.2 Å². The second-order valence-corrected chi connectivity index (χ2v) is 6.41. The van der Waals surface area contributed by atoms with Gasteiger partial charge in [-0.25, -0.2) is 13.1 Å². The van der Waals surface area contributed by atoms with Crippen LogP contribution in [0.1, 0.15) is 24.8 Å². The highest BCUT2D eigenvalue weighted by atomic mass is 32.2. The summed E-state index contributed by atoms with van der Waals surface area (Å²) in [5.41, 5.74) is 0.962. The third-order valence-electron chi connectivity index (χ3n) is 2.69. The molecule has 0 amide bonds. The van der Waals surface area contributed by atoms with Gasteiger partial charge in [0.25, 0.3) is 0 Å². The summed E-state index contributed by atoms with van der Waals surface area (Å²) in [6.07, 6.45) is -1.85. The van der Waals surface area contributed by atoms with Crippen LogP contribution in [-0.4, -0.2) is 21.1 Å². The largest absolute Gasteiger partial charge is 0.392 e. The maximum Gasteiger partial charge on any atom is 0.392 e. The summed E-state index contributed by atoms with van der Waals surface area (Å²) < 4.78 is 61.8. The number of benzene rings is 1. The standard InChI is InChI=1S/C14H18F3NO2S/c1-12-6-8-13(9-7-12)21(19,20)18-11-5-3-2-4-10-14(15,16)17/h2,4,6-9,18H,3,5,10-11H2,1H3. The number of rotatable bonds is 7. The van der Waals surface area contributed by atoms with Gasteiger partial charge in [-0.1, -0.05) is 29.8 Å². The van der Waals surface area contributed by atoms with E-state index in [0.29, 0.717) is 12.8 Å². The van der Waals surface area contributed by atoms with Crippen molar-refractivity contribution in [3.8, 4) is 0 Å². The summed E-state index contributed by atoms with van der Waals surface area (Å²) in [5.74, 6) is 0. The summed E-state index contributed by atoms with van der Waals surface area (Å²) in [6, 6.07) is 6.44. The van der Waals surface area contributed by atoms with Crippen LogP contribution in [-0.2, 0) is 10.0 Å². The van der Waals surface area contributed by atoms with E-state index in [9.17, 15) is 21.6 Å². The quantitative estimate of drug-likeness (QED) is 0.616. The highest BCUT2D eigenvalue weighted by Crippen LogP contribution is 2.19. The summed E-state index contributed by atoms with van der Waals surface area (Å²) in [5, 5.41) is 0. The van der Waals surface area contributed by atoms with Gasteiger partial charge in [0.15, 0.2) is 0 Å². The normalized spacial score (nSPS) is 13.0. The fraction of sp³-hybridized carbons (Fsp3) is 0.429. The zero-order valence-corrected chi connectivity index (χ0v) is 12.5. The Labute approximate surface area is 122 Å². The Hall–Kier alpha value is -1.34. The van der Waals surface area contributed by atoms with Gasteiger partial charge in [0, 0.05) is 6.54 Å². The minimum atomic E-state index is -4.19. The number of unbranched alkanes of at least 4 members (excludes halogenated alkanes) is 1. The molecule has 7 heteroatoms. The molecule has 0 aliphatic heterocycles. The highest BCUT2D eigenvalue weighted by molar-refractivity contribution is 7.89. The van der Waals surface area contributed by atoms with E-state index in [2.05, 4.69) is 4.72 Å². The van der Waals surface area contributed by atoms with E-state index in [-0.39, 0.29) is 11.4 Å². The zero-order valence-electron chi connectivity index (χ0n) is 11.7. The monoisotopic (exact) mass is 321 g/mol. The fourth-order valence-corrected chi connectivity index (χ4v) is 2.64. The molecule has 0 aliphatic carbocycles. The second-order valence-electron chi connectivity index (χ2n) is 4.64. The van der Waals surface area contributed by atoms with Gasteiger partial charge in [-0.3, -0.25) is 0 Å². The first-order valence-electron chi connectivity index (χ1n) is 6.49. The van der Waals surface area contributed by atoms with Crippen LogP contribution >= 0.6 is 0 Å². The number of halogens is 3. The van der Waals surface area contributed by atoms with E-state index in [1.807, 2.05) is 6.92 Å². The molecule has 0 atom stereocenters. The van der Waals surface area contributed by atoms with Crippen LogP contribution in [0.3, 0.4) is 0 Å². The van der Waals surface area contributed by atoms with Crippen molar-refractivity contribution in [1.82, 2.24) is 4.72 Å². The van der Waals surface area contributed by atoms with Gasteiger partial charge in [-0.05, 0) is 31.9 Å². The van der Waals surface area contributed by atoms with Crippen LogP contribution in [0.4, 0.5) is 13.2 Å². The van der Waals surface area contributed by atoms with Crippen LogP contribution in [0.5, 0.6) is 0 Å². The van der Waals surface area contributed by atoms with Crippen molar-refractivity contribution in [2.24, 2.45) is 0 Å². The maximum absolute atomic E-state index is 11.9. The first-order chi connectivity index (χ1) is 9.71. The molecule has 1 aromatic rings. The maximum atomic E-state index is 11.9. The van der Waals surface area contributed by atoms with Gasteiger partial charge in [0.1, 0.15) is 0 Å². The molecule has 1 N–H and O–H groups in total. The third-order valence-corrected chi connectivity index (χ3v) is 4.16. The Morgan fingerprint density at radius 3 is 2.33 bits per heavy atom. The van der Waals surface area contributed by atoms with Crippen molar-refractivity contribution in [2.75, 3.05) is 6.54 Å². The molecular formula is C14H18F3NO2S. The number of allylic oxidation sites excluding steroid dienone is 2. The lowest BCUT2D eigenvalue weighted by atomic mass is 10.2. The molecule has 0 aromatic heterocycles. The van der Waals surface area contributed by atoms with Gasteiger partial charge in [0.2, 0.25) is 10.0 Å². The molecule has 0 saturated carbocycles. The van der Waals surface area contributed by atoms with E-state index >= 15 is 0 Å². The van der Waals surface area contributed by atoms with Crippen LogP contribution < -0.4 is 4.72 Å². The lowest BCUT2D eigenvalue weighted by molar-refractivity contribution is -0.125. The molecule has 1 aromatic carbocycles. The van der Waals surface area contributed by atoms with Crippen molar-refractivity contribution in [3.05, 3.63) is 42.0 Å². The van der Waals surface area contributed by atoms with E-state index in [4.69, 9.17) is 0 Å². The molecular weight excluding hydrogens is 303 g/mol. The molecule has 0 radical (unpaired) electrons. The molecule has 118 valence electrons. The van der Waals surface area contributed by atoms with Crippen molar-refractivity contribution in [3.63, 3.8) is 0 Å². The molecule has 0 aliphatic rings. The Morgan fingerprint density at radius 1 is 1.14 bits per heavy atom. The first-order valence-corrected chi connectivity index (χ1v) is 7.97. The minimum Gasteiger partial charge on any atom is -0.211 e. The van der Waals surface area contributed by atoms with E-state index < -0.39 is 22.6 Å². The van der Waals surface area contributed by atoms with Crippen molar-refractivity contribution in [1.29, 1.82) is 0 Å². The molecule has 3 nitrogen and oxygen atoms in total. The van der Waals surface area contributed by atoms with Crippen molar-refractivity contribution in [2.45, 2.75) is 37.3 Å². The summed E-state index contributed by atoms with van der Waals surface area (Å²) >= 11 is 0. The number of hydrogen-bond acceptors (Lipinski definition) is 2. The summed E-state index contributed by atoms with van der Waals surface area (Å²) in [4.78, 5) is 0.181. The lowest BCUT2D eigenvalue weighted by Gasteiger charge is -2.06. The Balaban J connectivity index is 2.33. The molecule has 21 heavy (non-hydrogen) atoms. The Kier molecular flexibility index (Phi) is 6.42. The predicted molar refractivity (Wildman–Crippen MR) is 75.4 cm³/mol. The Morgan fingerprint density at radius 2 is 1.76 bits per heavy atom. The highest BCUT2D eigenvalue weighted by Gasteiger charge is 2.24. The zero-order chi connectivity index (χ0) is 15.9. The molecule has 0 unspecified atom stereocenters. The second kappa shape index (κ2) is 7.61. The third kappa shape index (κ3) is 7.29. The number of aryl methyl sites for hydroxylation is 1. The van der Waals surface area contributed by atoms with Gasteiger partial charge in [0.05, 0.1) is 11.3 Å². The van der Waals surface area contributed by atoms with E-state index in [1.54, 1.807) is 12.1 Å². The van der Waals surface area contributed by atoms with Gasteiger partial charge in [-0.2, -0.15) is 13.2 Å². The average molecular weight is 321 g/mol. The van der Waals surface area contributed by atoms with E-state index in [0.717, 1.165) is 11.6 Å². The van der Waals surface area contributed by atoms with Gasteiger partial charge in [-0.15, -0.1) is 0 Å². The SMILES string of the molecule is Cc1ccc(S(=O)(=O)NCCCC=CCC(F)(F)F)cc1. The fourth-order valence-electron chi connectivity index (χ4n) is 1.56. The molecule has 0 bridgehead atoms. The number of hydrogen-bond donors (Lipinski definition) is 1. The average Bonchev–Trinajstić information content (AvgIpc) is 2.36. The van der Waals surface area contributed by atoms with Crippen molar-refractivity contribution >= 4 is 10.0 Å². The summed E-state index contributed by atoms with van der Waals surface area (Å²) in [6.45, 7) is 2.05.